The van der Waals surface area contributed by atoms with Gasteiger partial charge in [0.05, 0.1) is 4.47 Å². The van der Waals surface area contributed by atoms with E-state index in [1.54, 1.807) is 0 Å². The third-order valence-electron chi connectivity index (χ3n) is 2.56. The Hall–Kier alpha value is -0.220. The maximum absolute atomic E-state index is 5.28. The van der Waals surface area contributed by atoms with Gasteiger partial charge in [0.25, 0.3) is 0 Å². The van der Waals surface area contributed by atoms with Crippen LogP contribution in [0.2, 0.25) is 0 Å². The largest absolute Gasteiger partial charge is 0.346 e. The summed E-state index contributed by atoms with van der Waals surface area (Å²) in [6, 6.07) is 0. The maximum Gasteiger partial charge on any atom is 0.144 e. The van der Waals surface area contributed by atoms with Gasteiger partial charge in [-0.2, -0.15) is 0 Å². The van der Waals surface area contributed by atoms with Crippen LogP contribution < -0.4 is 0 Å². The van der Waals surface area contributed by atoms with Crippen molar-refractivity contribution in [2.45, 2.75) is 47.0 Å². The van der Waals surface area contributed by atoms with Gasteiger partial charge in [0, 0.05) is 12.1 Å². The number of halogens is 1. The summed E-state index contributed by atoms with van der Waals surface area (Å²) >= 11 is 8.81. The molecule has 2 nitrogen and oxygen atoms in total. The van der Waals surface area contributed by atoms with Crippen LogP contribution in [0, 0.1) is 16.5 Å². The molecule has 1 heterocycles. The van der Waals surface area contributed by atoms with Crippen LogP contribution in [0.1, 0.15) is 45.6 Å². The van der Waals surface area contributed by atoms with E-state index in [1.165, 1.54) is 5.69 Å². The Kier molecular flexibility index (Phi) is 5.80. The fourth-order valence-corrected chi connectivity index (χ4v) is 2.23. The first-order valence-electron chi connectivity index (χ1n) is 6.17. The van der Waals surface area contributed by atoms with Crippen molar-refractivity contribution in [1.29, 1.82) is 0 Å². The van der Waals surface area contributed by atoms with Crippen molar-refractivity contribution >= 4 is 28.1 Å². The number of rotatable bonds is 5. The summed E-state index contributed by atoms with van der Waals surface area (Å²) < 4.78 is 1.63. The van der Waals surface area contributed by atoms with Crippen molar-refractivity contribution in [3.8, 4) is 0 Å². The van der Waals surface area contributed by atoms with Crippen molar-refractivity contribution in [1.82, 2.24) is 9.97 Å². The molecule has 0 bridgehead atoms. The number of hydrogen-bond acceptors (Lipinski definition) is 2. The lowest BCUT2D eigenvalue weighted by atomic mass is 10.1. The average molecular weight is 317 g/mol. The second-order valence-electron chi connectivity index (χ2n) is 5.31. The Bertz CT molecular complexity index is 424. The van der Waals surface area contributed by atoms with Crippen LogP contribution in [-0.4, -0.2) is 9.97 Å². The van der Waals surface area contributed by atoms with Gasteiger partial charge >= 0.3 is 0 Å². The van der Waals surface area contributed by atoms with Gasteiger partial charge in [-0.1, -0.05) is 39.9 Å². The van der Waals surface area contributed by atoms with E-state index in [4.69, 9.17) is 12.2 Å². The molecule has 0 aromatic carbocycles. The molecule has 0 saturated carbocycles. The van der Waals surface area contributed by atoms with Crippen molar-refractivity contribution in [2.75, 3.05) is 0 Å². The van der Waals surface area contributed by atoms with Crippen molar-refractivity contribution in [3.05, 3.63) is 20.6 Å². The molecule has 96 valence electrons. The second-order valence-corrected chi connectivity index (χ2v) is 6.49. The molecule has 0 fully saturated rings. The van der Waals surface area contributed by atoms with Gasteiger partial charge < -0.3 is 4.98 Å². The molecule has 1 rings (SSSR count). The molecule has 1 N–H and O–H groups in total. The molecule has 0 radical (unpaired) electrons. The molecule has 0 unspecified atom stereocenters. The van der Waals surface area contributed by atoms with Crippen molar-refractivity contribution < 1.29 is 0 Å². The van der Waals surface area contributed by atoms with Crippen LogP contribution in [-0.2, 0) is 12.8 Å². The molecule has 0 amide bonds. The minimum Gasteiger partial charge on any atom is -0.346 e. The highest BCUT2D eigenvalue weighted by Gasteiger charge is 2.08. The molecule has 0 aliphatic heterocycles. The van der Waals surface area contributed by atoms with E-state index in [-0.39, 0.29) is 0 Å². The number of nitrogens with zero attached hydrogens (tertiary/aromatic N) is 1. The van der Waals surface area contributed by atoms with E-state index < -0.39 is 0 Å². The summed E-state index contributed by atoms with van der Waals surface area (Å²) in [5.41, 5.74) is 1.18. The van der Waals surface area contributed by atoms with Crippen molar-refractivity contribution in [3.63, 3.8) is 0 Å². The Balaban J connectivity index is 2.93. The molecule has 0 spiro atoms. The third kappa shape index (κ3) is 4.88. The molecule has 17 heavy (non-hydrogen) atoms. The fourth-order valence-electron chi connectivity index (χ4n) is 1.65. The summed E-state index contributed by atoms with van der Waals surface area (Å²) in [6.45, 7) is 8.86. The lowest BCUT2D eigenvalue weighted by Gasteiger charge is -2.11. The molecule has 0 saturated heterocycles. The zero-order chi connectivity index (χ0) is 13.0. The van der Waals surface area contributed by atoms with Crippen LogP contribution in [0.25, 0.3) is 0 Å². The van der Waals surface area contributed by atoms with Crippen LogP contribution in [0.5, 0.6) is 0 Å². The number of H-pyrrole nitrogens is 1. The van der Waals surface area contributed by atoms with Gasteiger partial charge in [-0.3, -0.25) is 0 Å². The van der Waals surface area contributed by atoms with Gasteiger partial charge in [-0.15, -0.1) is 0 Å². The maximum atomic E-state index is 5.28. The molecular weight excluding hydrogens is 296 g/mol. The van der Waals surface area contributed by atoms with E-state index in [0.717, 1.165) is 29.6 Å². The first-order valence-corrected chi connectivity index (χ1v) is 7.37. The molecule has 1 aromatic rings. The number of nitrogens with one attached hydrogen (secondary N) is 1. The first kappa shape index (κ1) is 14.8. The topological polar surface area (TPSA) is 28.7 Å². The number of aromatic nitrogens is 2. The summed E-state index contributed by atoms with van der Waals surface area (Å²) in [5, 5.41) is 0. The summed E-state index contributed by atoms with van der Waals surface area (Å²) in [5.74, 6) is 2.32. The monoisotopic (exact) mass is 316 g/mol. The molecule has 0 aliphatic carbocycles. The van der Waals surface area contributed by atoms with Gasteiger partial charge in [-0.05, 0) is 40.6 Å². The minimum atomic E-state index is 0.609. The SMILES string of the molecule is CC(C)CCc1nc(=S)c(Br)c(CC(C)C)[nH]1. The Labute approximate surface area is 117 Å². The number of aromatic amines is 1. The van der Waals surface area contributed by atoms with Crippen LogP contribution in [0.15, 0.2) is 4.47 Å². The van der Waals surface area contributed by atoms with Gasteiger partial charge in [0.15, 0.2) is 0 Å². The highest BCUT2D eigenvalue weighted by Crippen LogP contribution is 2.19. The normalized spacial score (nSPS) is 11.5. The molecule has 1 aromatic heterocycles. The highest BCUT2D eigenvalue weighted by molar-refractivity contribution is 9.10. The molecule has 0 aliphatic rings. The smallest absolute Gasteiger partial charge is 0.144 e. The zero-order valence-electron chi connectivity index (χ0n) is 11.0. The van der Waals surface area contributed by atoms with E-state index in [9.17, 15) is 0 Å². The quantitative estimate of drug-likeness (QED) is 0.798. The van der Waals surface area contributed by atoms with Crippen LogP contribution >= 0.6 is 28.1 Å². The zero-order valence-corrected chi connectivity index (χ0v) is 13.4. The van der Waals surface area contributed by atoms with E-state index >= 15 is 0 Å². The molecule has 0 atom stereocenters. The lowest BCUT2D eigenvalue weighted by molar-refractivity contribution is 0.568. The third-order valence-corrected chi connectivity index (χ3v) is 3.97. The van der Waals surface area contributed by atoms with Gasteiger partial charge in [0.2, 0.25) is 0 Å². The summed E-state index contributed by atoms with van der Waals surface area (Å²) in [6.07, 6.45) is 3.11. The predicted octanol–water partition coefficient (Wildman–Crippen LogP) is 4.69. The van der Waals surface area contributed by atoms with Crippen LogP contribution in [0.4, 0.5) is 0 Å². The average Bonchev–Trinajstić information content (AvgIpc) is 2.21. The lowest BCUT2D eigenvalue weighted by Crippen LogP contribution is -2.06. The van der Waals surface area contributed by atoms with E-state index in [1.807, 2.05) is 0 Å². The molecular formula is C13H21BrN2S. The number of aryl methyl sites for hydroxylation is 1. The fraction of sp³-hybridized carbons (Fsp3) is 0.692. The summed E-state index contributed by atoms with van der Waals surface area (Å²) in [7, 11) is 0. The Morgan fingerprint density at radius 3 is 2.41 bits per heavy atom. The van der Waals surface area contributed by atoms with E-state index in [0.29, 0.717) is 16.5 Å². The summed E-state index contributed by atoms with van der Waals surface area (Å²) in [4.78, 5) is 7.84. The minimum absolute atomic E-state index is 0.609. The van der Waals surface area contributed by atoms with Gasteiger partial charge in [-0.25, -0.2) is 4.98 Å². The van der Waals surface area contributed by atoms with Crippen LogP contribution in [0.3, 0.4) is 0 Å². The highest BCUT2D eigenvalue weighted by atomic mass is 79.9. The Morgan fingerprint density at radius 1 is 1.24 bits per heavy atom. The first-order chi connectivity index (χ1) is 7.90. The number of hydrogen-bond donors (Lipinski definition) is 1. The standard InChI is InChI=1S/C13H21BrN2S/c1-8(2)5-6-11-15-10(7-9(3)4)12(14)13(17)16-11/h8-9H,5-7H2,1-4H3,(H,15,16,17). The van der Waals surface area contributed by atoms with E-state index in [2.05, 4.69) is 53.6 Å². The van der Waals surface area contributed by atoms with Gasteiger partial charge in [0.1, 0.15) is 10.5 Å². The molecule has 4 heteroatoms. The predicted molar refractivity (Wildman–Crippen MR) is 78.8 cm³/mol. The van der Waals surface area contributed by atoms with Crippen molar-refractivity contribution in [2.24, 2.45) is 11.8 Å². The second kappa shape index (κ2) is 6.64. The Morgan fingerprint density at radius 2 is 1.88 bits per heavy atom.